The molecule has 1 aromatic rings. The molecule has 1 aliphatic carbocycles. The van der Waals surface area contributed by atoms with Crippen molar-refractivity contribution in [1.29, 1.82) is 0 Å². The zero-order valence-corrected chi connectivity index (χ0v) is 10.8. The molecule has 19 heavy (non-hydrogen) atoms. The molecule has 0 atom stereocenters. The number of carbonyl (C=O) groups excluding carboxylic acids is 1. The fraction of sp³-hybridized carbons (Fsp3) is 0.429. The van der Waals surface area contributed by atoms with Crippen LogP contribution in [-0.4, -0.2) is 17.0 Å². The molecule has 0 bridgehead atoms. The number of nitrogens with two attached hydrogens (primary N) is 1. The van der Waals surface area contributed by atoms with Crippen LogP contribution in [0.3, 0.4) is 0 Å². The van der Waals surface area contributed by atoms with Crippen molar-refractivity contribution in [3.05, 3.63) is 35.9 Å². The second-order valence-electron chi connectivity index (χ2n) is 4.94. The van der Waals surface area contributed by atoms with E-state index in [1.54, 1.807) is 0 Å². The number of nitrogens with one attached hydrogen (secondary N) is 1. The first kappa shape index (κ1) is 13.4. The third kappa shape index (κ3) is 2.70. The molecule has 0 radical (unpaired) electrons. The van der Waals surface area contributed by atoms with E-state index in [-0.39, 0.29) is 11.7 Å². The summed E-state index contributed by atoms with van der Waals surface area (Å²) in [6.45, 7) is 0.458. The van der Waals surface area contributed by atoms with E-state index in [1.807, 2.05) is 30.3 Å². The second kappa shape index (κ2) is 5.73. The second-order valence-corrected chi connectivity index (χ2v) is 4.94. The van der Waals surface area contributed by atoms with Crippen molar-refractivity contribution in [2.24, 2.45) is 16.3 Å². The third-order valence-corrected chi connectivity index (χ3v) is 3.79. The van der Waals surface area contributed by atoms with Crippen LogP contribution in [0.4, 0.5) is 0 Å². The molecule has 0 aromatic heterocycles. The predicted molar refractivity (Wildman–Crippen MR) is 72.6 cm³/mol. The number of hydrogen-bond acceptors (Lipinski definition) is 3. The van der Waals surface area contributed by atoms with Crippen LogP contribution in [0.2, 0.25) is 0 Å². The van der Waals surface area contributed by atoms with Crippen LogP contribution >= 0.6 is 0 Å². The number of benzene rings is 1. The number of oxime groups is 1. The highest BCUT2D eigenvalue weighted by atomic mass is 16.4. The van der Waals surface area contributed by atoms with Gasteiger partial charge in [0.15, 0.2) is 5.84 Å². The smallest absolute Gasteiger partial charge is 0.234 e. The summed E-state index contributed by atoms with van der Waals surface area (Å²) in [7, 11) is 0. The summed E-state index contributed by atoms with van der Waals surface area (Å²) in [4.78, 5) is 12.4. The van der Waals surface area contributed by atoms with Crippen LogP contribution in [0.5, 0.6) is 0 Å². The minimum Gasteiger partial charge on any atom is -0.409 e. The Kier molecular flexibility index (Phi) is 4.04. The number of nitrogens with zero attached hydrogens (tertiary/aromatic N) is 1. The molecule has 0 aliphatic heterocycles. The van der Waals surface area contributed by atoms with Crippen LogP contribution in [0.15, 0.2) is 35.5 Å². The Morgan fingerprint density at radius 2 is 1.95 bits per heavy atom. The molecular weight excluding hydrogens is 242 g/mol. The van der Waals surface area contributed by atoms with E-state index in [9.17, 15) is 4.79 Å². The molecule has 5 heteroatoms. The molecule has 0 unspecified atom stereocenters. The fourth-order valence-corrected chi connectivity index (χ4v) is 2.62. The van der Waals surface area contributed by atoms with Gasteiger partial charge in [-0.2, -0.15) is 0 Å². The minimum absolute atomic E-state index is 0.0237. The van der Waals surface area contributed by atoms with Gasteiger partial charge in [-0.05, 0) is 18.4 Å². The van der Waals surface area contributed by atoms with E-state index >= 15 is 0 Å². The lowest BCUT2D eigenvalue weighted by atomic mass is 9.83. The van der Waals surface area contributed by atoms with Crippen molar-refractivity contribution in [2.75, 3.05) is 0 Å². The average molecular weight is 261 g/mol. The highest BCUT2D eigenvalue weighted by molar-refractivity contribution is 6.07. The molecule has 0 saturated heterocycles. The molecule has 102 valence electrons. The van der Waals surface area contributed by atoms with E-state index in [4.69, 9.17) is 10.9 Å². The van der Waals surface area contributed by atoms with E-state index in [1.165, 1.54) is 0 Å². The van der Waals surface area contributed by atoms with Gasteiger partial charge in [-0.15, -0.1) is 0 Å². The van der Waals surface area contributed by atoms with Gasteiger partial charge in [-0.3, -0.25) is 4.79 Å². The average Bonchev–Trinajstić information content (AvgIpc) is 2.96. The van der Waals surface area contributed by atoms with E-state index in [0.717, 1.165) is 18.4 Å². The van der Waals surface area contributed by atoms with E-state index in [0.29, 0.717) is 19.4 Å². The van der Waals surface area contributed by atoms with Crippen molar-refractivity contribution in [3.63, 3.8) is 0 Å². The summed E-state index contributed by atoms with van der Waals surface area (Å²) in [6, 6.07) is 9.68. The van der Waals surface area contributed by atoms with Gasteiger partial charge in [0.2, 0.25) is 5.91 Å². The van der Waals surface area contributed by atoms with Crippen LogP contribution in [0, 0.1) is 5.41 Å². The Bertz CT molecular complexity index is 465. The van der Waals surface area contributed by atoms with Crippen molar-refractivity contribution in [3.8, 4) is 0 Å². The molecule has 1 amide bonds. The minimum atomic E-state index is -0.830. The van der Waals surface area contributed by atoms with Gasteiger partial charge >= 0.3 is 0 Å². The fourth-order valence-electron chi connectivity index (χ4n) is 2.62. The Hall–Kier alpha value is -2.04. The number of amides is 1. The Morgan fingerprint density at radius 3 is 2.53 bits per heavy atom. The summed E-state index contributed by atoms with van der Waals surface area (Å²) in [5.74, 6) is -0.125. The van der Waals surface area contributed by atoms with Gasteiger partial charge in [-0.1, -0.05) is 48.3 Å². The van der Waals surface area contributed by atoms with Crippen molar-refractivity contribution < 1.29 is 10.0 Å². The zero-order valence-electron chi connectivity index (χ0n) is 10.8. The lowest BCUT2D eigenvalue weighted by Gasteiger charge is -2.25. The summed E-state index contributed by atoms with van der Waals surface area (Å²) >= 11 is 0. The Labute approximate surface area is 112 Å². The van der Waals surface area contributed by atoms with Gasteiger partial charge in [-0.25, -0.2) is 0 Å². The largest absolute Gasteiger partial charge is 0.409 e. The van der Waals surface area contributed by atoms with Crippen molar-refractivity contribution in [1.82, 2.24) is 5.32 Å². The lowest BCUT2D eigenvalue weighted by Crippen LogP contribution is -2.48. The van der Waals surface area contributed by atoms with Gasteiger partial charge < -0.3 is 16.3 Å². The number of carbonyl (C=O) groups is 1. The topological polar surface area (TPSA) is 87.7 Å². The molecule has 0 spiro atoms. The predicted octanol–water partition coefficient (Wildman–Crippen LogP) is 1.61. The number of hydrogen-bond donors (Lipinski definition) is 3. The number of rotatable bonds is 4. The summed E-state index contributed by atoms with van der Waals surface area (Å²) in [5, 5.41) is 14.8. The van der Waals surface area contributed by atoms with Crippen LogP contribution in [0.25, 0.3) is 0 Å². The van der Waals surface area contributed by atoms with Crippen LogP contribution < -0.4 is 11.1 Å². The van der Waals surface area contributed by atoms with Crippen molar-refractivity contribution in [2.45, 2.75) is 32.2 Å². The summed E-state index contributed by atoms with van der Waals surface area (Å²) < 4.78 is 0. The standard InChI is InChI=1S/C14H19N3O2/c15-12(17-19)14(8-4-5-9-14)13(18)16-10-11-6-2-1-3-7-11/h1-3,6-7,19H,4-5,8-10H2,(H2,15,17)(H,16,18). The molecule has 1 saturated carbocycles. The molecule has 5 nitrogen and oxygen atoms in total. The SMILES string of the molecule is NC(=NO)C1(C(=O)NCc2ccccc2)CCCC1. The normalized spacial score (nSPS) is 18.2. The summed E-state index contributed by atoms with van der Waals surface area (Å²) in [6.07, 6.45) is 3.14. The molecule has 4 N–H and O–H groups in total. The number of amidine groups is 1. The molecule has 0 heterocycles. The van der Waals surface area contributed by atoms with E-state index in [2.05, 4.69) is 10.5 Å². The molecule has 1 aromatic carbocycles. The van der Waals surface area contributed by atoms with Gasteiger partial charge in [0.25, 0.3) is 0 Å². The summed E-state index contributed by atoms with van der Waals surface area (Å²) in [5.41, 5.74) is 5.92. The third-order valence-electron chi connectivity index (χ3n) is 3.79. The lowest BCUT2D eigenvalue weighted by molar-refractivity contribution is -0.127. The first-order chi connectivity index (χ1) is 9.19. The van der Waals surface area contributed by atoms with E-state index < -0.39 is 5.41 Å². The quantitative estimate of drug-likeness (QED) is 0.333. The monoisotopic (exact) mass is 261 g/mol. The van der Waals surface area contributed by atoms with Crippen LogP contribution in [-0.2, 0) is 11.3 Å². The van der Waals surface area contributed by atoms with Gasteiger partial charge in [0.1, 0.15) is 5.41 Å². The maximum Gasteiger partial charge on any atom is 0.234 e. The maximum absolute atomic E-state index is 12.4. The molecule has 1 fully saturated rings. The van der Waals surface area contributed by atoms with Crippen molar-refractivity contribution >= 4 is 11.7 Å². The first-order valence-corrected chi connectivity index (χ1v) is 6.49. The van der Waals surface area contributed by atoms with Gasteiger partial charge in [0.05, 0.1) is 0 Å². The Morgan fingerprint density at radius 1 is 1.32 bits per heavy atom. The Balaban J connectivity index is 2.05. The molecule has 1 aliphatic rings. The maximum atomic E-state index is 12.4. The van der Waals surface area contributed by atoms with Gasteiger partial charge in [0, 0.05) is 6.54 Å². The van der Waals surface area contributed by atoms with Crippen LogP contribution in [0.1, 0.15) is 31.2 Å². The molecule has 2 rings (SSSR count). The highest BCUT2D eigenvalue weighted by Gasteiger charge is 2.45. The molecular formula is C14H19N3O2. The zero-order chi connectivity index (χ0) is 13.7. The highest BCUT2D eigenvalue weighted by Crippen LogP contribution is 2.38. The first-order valence-electron chi connectivity index (χ1n) is 6.49.